The predicted molar refractivity (Wildman–Crippen MR) is 120 cm³/mol. The number of esters is 1. The number of aryl methyl sites for hydroxylation is 2. The summed E-state index contributed by atoms with van der Waals surface area (Å²) in [5.74, 6) is -0.215. The van der Waals surface area contributed by atoms with E-state index in [4.69, 9.17) is 9.26 Å². The summed E-state index contributed by atoms with van der Waals surface area (Å²) >= 11 is 1.33. The van der Waals surface area contributed by atoms with Crippen LogP contribution in [0.3, 0.4) is 0 Å². The molecule has 170 valence electrons. The first-order valence-electron chi connectivity index (χ1n) is 10.0. The number of carbonyl (C=O) groups is 2. The highest BCUT2D eigenvalue weighted by molar-refractivity contribution is 7.98. The summed E-state index contributed by atoms with van der Waals surface area (Å²) in [6.45, 7) is 4.99. The van der Waals surface area contributed by atoms with Crippen molar-refractivity contribution in [1.82, 2.24) is 19.3 Å². The van der Waals surface area contributed by atoms with Crippen molar-refractivity contribution in [1.29, 1.82) is 0 Å². The Hall–Kier alpha value is -3.66. The van der Waals surface area contributed by atoms with Crippen molar-refractivity contribution in [3.8, 4) is 11.5 Å². The maximum atomic E-state index is 13.3. The van der Waals surface area contributed by atoms with Crippen molar-refractivity contribution in [2.75, 3.05) is 12.9 Å². The van der Waals surface area contributed by atoms with Gasteiger partial charge in [0, 0.05) is 28.7 Å². The van der Waals surface area contributed by atoms with E-state index in [1.807, 2.05) is 13.2 Å². The molecule has 0 bridgehead atoms. The Bertz CT molecular complexity index is 1340. The van der Waals surface area contributed by atoms with Gasteiger partial charge in [0.2, 0.25) is 5.78 Å². The SMILES string of the molecule is CSc1ncc(C(=O)OCC(=O)c2cc(C)n(-c3cc(C)on3)c2C)n1-c1ccc(F)cc1. The van der Waals surface area contributed by atoms with Crippen LogP contribution in [0.2, 0.25) is 0 Å². The number of halogens is 1. The Morgan fingerprint density at radius 3 is 2.48 bits per heavy atom. The van der Waals surface area contributed by atoms with E-state index >= 15 is 0 Å². The largest absolute Gasteiger partial charge is 0.453 e. The molecule has 0 saturated heterocycles. The van der Waals surface area contributed by atoms with Crippen molar-refractivity contribution >= 4 is 23.5 Å². The molecule has 0 unspecified atom stereocenters. The van der Waals surface area contributed by atoms with E-state index in [0.717, 1.165) is 5.69 Å². The van der Waals surface area contributed by atoms with Gasteiger partial charge in [-0.1, -0.05) is 16.9 Å². The number of Topliss-reactive ketones (excluding diaryl/α,β-unsaturated/α-hetero) is 1. The summed E-state index contributed by atoms with van der Waals surface area (Å²) in [5, 5.41) is 4.54. The fourth-order valence-electron chi connectivity index (χ4n) is 3.60. The lowest BCUT2D eigenvalue weighted by Crippen LogP contribution is -2.17. The van der Waals surface area contributed by atoms with Crippen molar-refractivity contribution in [3.63, 3.8) is 0 Å². The second-order valence-electron chi connectivity index (χ2n) is 7.36. The first-order valence-corrected chi connectivity index (χ1v) is 11.2. The second-order valence-corrected chi connectivity index (χ2v) is 8.13. The van der Waals surface area contributed by atoms with Gasteiger partial charge in [-0.15, -0.1) is 0 Å². The minimum absolute atomic E-state index is 0.141. The molecule has 0 fully saturated rings. The fraction of sp³-hybridized carbons (Fsp3) is 0.217. The number of nitrogens with zero attached hydrogens (tertiary/aromatic N) is 4. The highest BCUT2D eigenvalue weighted by Crippen LogP contribution is 2.24. The van der Waals surface area contributed by atoms with Crippen LogP contribution < -0.4 is 0 Å². The first-order chi connectivity index (χ1) is 15.8. The molecule has 0 aliphatic carbocycles. The van der Waals surface area contributed by atoms with Crippen molar-refractivity contribution < 1.29 is 23.2 Å². The number of thioether (sulfide) groups is 1. The molecule has 0 saturated carbocycles. The molecular weight excluding hydrogens is 447 g/mol. The van der Waals surface area contributed by atoms with Crippen molar-refractivity contribution in [3.05, 3.63) is 76.8 Å². The standard InChI is InChI=1S/C23H21FN4O4S/c1-13-9-18(15(3)27(13)21-10-14(2)32-26-21)20(29)12-31-22(30)19-11-25-23(33-4)28(19)17-7-5-16(24)6-8-17/h5-11H,12H2,1-4H3. The average Bonchev–Trinajstić information content (AvgIpc) is 3.49. The van der Waals surface area contributed by atoms with Gasteiger partial charge in [-0.3, -0.25) is 13.9 Å². The summed E-state index contributed by atoms with van der Waals surface area (Å²) in [6.07, 6.45) is 3.19. The van der Waals surface area contributed by atoms with E-state index in [1.165, 1.54) is 30.1 Å². The zero-order valence-electron chi connectivity index (χ0n) is 18.5. The number of rotatable bonds is 7. The molecule has 4 rings (SSSR count). The van der Waals surface area contributed by atoms with Gasteiger partial charge in [0.25, 0.3) is 0 Å². The maximum Gasteiger partial charge on any atom is 0.357 e. The topological polar surface area (TPSA) is 92.2 Å². The van der Waals surface area contributed by atoms with Gasteiger partial charge in [-0.05, 0) is 57.4 Å². The molecular formula is C23H21FN4O4S. The first kappa shape index (κ1) is 22.5. The maximum absolute atomic E-state index is 13.3. The van der Waals surface area contributed by atoms with Crippen LogP contribution in [0.1, 0.15) is 38.0 Å². The molecule has 33 heavy (non-hydrogen) atoms. The summed E-state index contributed by atoms with van der Waals surface area (Å²) in [5.41, 5.74) is 2.60. The minimum Gasteiger partial charge on any atom is -0.453 e. The van der Waals surface area contributed by atoms with Crippen molar-refractivity contribution in [2.45, 2.75) is 25.9 Å². The average molecular weight is 469 g/mol. The normalized spacial score (nSPS) is 11.1. The number of aromatic nitrogens is 4. The number of benzene rings is 1. The molecule has 10 heteroatoms. The van der Waals surface area contributed by atoms with Crippen LogP contribution >= 0.6 is 11.8 Å². The molecule has 1 aromatic carbocycles. The van der Waals surface area contributed by atoms with Crippen LogP contribution in [0.4, 0.5) is 4.39 Å². The van der Waals surface area contributed by atoms with Gasteiger partial charge in [-0.2, -0.15) is 0 Å². The number of hydrogen-bond acceptors (Lipinski definition) is 7. The molecule has 0 aliphatic rings. The predicted octanol–water partition coefficient (Wildman–Crippen LogP) is 4.48. The lowest BCUT2D eigenvalue weighted by molar-refractivity contribution is 0.0466. The third-order valence-corrected chi connectivity index (χ3v) is 5.77. The molecule has 0 radical (unpaired) electrons. The van der Waals surface area contributed by atoms with Crippen LogP contribution in [-0.4, -0.2) is 43.9 Å². The number of imidazole rings is 1. The Morgan fingerprint density at radius 1 is 1.12 bits per heavy atom. The van der Waals surface area contributed by atoms with Gasteiger partial charge < -0.3 is 9.26 Å². The minimum atomic E-state index is -0.707. The highest BCUT2D eigenvalue weighted by Gasteiger charge is 2.23. The van der Waals surface area contributed by atoms with E-state index in [-0.39, 0.29) is 11.5 Å². The quantitative estimate of drug-likeness (QED) is 0.224. The Balaban J connectivity index is 1.54. The molecule has 0 atom stereocenters. The molecule has 8 nitrogen and oxygen atoms in total. The molecule has 4 aromatic rings. The van der Waals surface area contributed by atoms with Crippen LogP contribution in [0, 0.1) is 26.6 Å². The summed E-state index contributed by atoms with van der Waals surface area (Å²) < 4.78 is 27.2. The fourth-order valence-corrected chi connectivity index (χ4v) is 4.15. The summed E-state index contributed by atoms with van der Waals surface area (Å²) in [7, 11) is 0. The summed E-state index contributed by atoms with van der Waals surface area (Å²) in [4.78, 5) is 29.9. The van der Waals surface area contributed by atoms with E-state index < -0.39 is 18.4 Å². The van der Waals surface area contributed by atoms with Gasteiger partial charge in [-0.25, -0.2) is 14.2 Å². The van der Waals surface area contributed by atoms with Crippen LogP contribution in [0.5, 0.6) is 0 Å². The number of carbonyl (C=O) groups excluding carboxylic acids is 2. The zero-order chi connectivity index (χ0) is 23.7. The Morgan fingerprint density at radius 2 is 1.85 bits per heavy atom. The van der Waals surface area contributed by atoms with Gasteiger partial charge >= 0.3 is 5.97 Å². The summed E-state index contributed by atoms with van der Waals surface area (Å²) in [6, 6.07) is 9.17. The molecule has 3 aromatic heterocycles. The lowest BCUT2D eigenvalue weighted by atomic mass is 10.1. The third-order valence-electron chi connectivity index (χ3n) is 5.12. The van der Waals surface area contributed by atoms with Crippen LogP contribution in [-0.2, 0) is 4.74 Å². The van der Waals surface area contributed by atoms with E-state index in [9.17, 15) is 14.0 Å². The molecule has 0 aliphatic heterocycles. The van der Waals surface area contributed by atoms with E-state index in [0.29, 0.717) is 33.7 Å². The van der Waals surface area contributed by atoms with Crippen LogP contribution in [0.15, 0.2) is 52.3 Å². The van der Waals surface area contributed by atoms with Gasteiger partial charge in [0.1, 0.15) is 11.6 Å². The smallest absolute Gasteiger partial charge is 0.357 e. The Kier molecular flexibility index (Phi) is 6.19. The van der Waals surface area contributed by atoms with Gasteiger partial charge in [0.15, 0.2) is 23.3 Å². The highest BCUT2D eigenvalue weighted by atomic mass is 32.2. The molecule has 0 spiro atoms. The zero-order valence-corrected chi connectivity index (χ0v) is 19.3. The van der Waals surface area contributed by atoms with Crippen LogP contribution in [0.25, 0.3) is 11.5 Å². The van der Waals surface area contributed by atoms with E-state index in [2.05, 4.69) is 10.1 Å². The van der Waals surface area contributed by atoms with Gasteiger partial charge in [0.05, 0.1) is 6.20 Å². The van der Waals surface area contributed by atoms with Crippen molar-refractivity contribution in [2.24, 2.45) is 0 Å². The van der Waals surface area contributed by atoms with E-state index in [1.54, 1.807) is 47.2 Å². The molecule has 0 amide bonds. The molecule has 3 heterocycles. The lowest BCUT2D eigenvalue weighted by Gasteiger charge is -2.11. The monoisotopic (exact) mass is 468 g/mol. The number of ether oxygens (including phenoxy) is 1. The molecule has 0 N–H and O–H groups in total. The Labute approximate surface area is 193 Å². The number of hydrogen-bond donors (Lipinski definition) is 0. The third kappa shape index (κ3) is 4.34. The number of ketones is 1. The second kappa shape index (κ2) is 9.07.